The van der Waals surface area contributed by atoms with Crippen molar-refractivity contribution in [2.24, 2.45) is 17.4 Å². The van der Waals surface area contributed by atoms with Gasteiger partial charge >= 0.3 is 0 Å². The third kappa shape index (κ3) is 0.988. The third-order valence-corrected chi connectivity index (χ3v) is 2.91. The van der Waals surface area contributed by atoms with E-state index in [1.165, 1.54) is 0 Å². The second-order valence-corrected chi connectivity index (χ2v) is 3.69. The molecule has 0 spiro atoms. The van der Waals surface area contributed by atoms with E-state index in [4.69, 9.17) is 16.2 Å². The Morgan fingerprint density at radius 1 is 1.21 bits per heavy atom. The monoisotopic (exact) mass is 196 g/mol. The molecule has 5 heteroatoms. The molecule has 3 rings (SSSR count). The van der Waals surface area contributed by atoms with Gasteiger partial charge in [-0.15, -0.1) is 0 Å². The highest BCUT2D eigenvalue weighted by Gasteiger charge is 2.55. The molecule has 2 heterocycles. The molecule has 3 aliphatic rings. The minimum Gasteiger partial charge on any atom is -0.367 e. The van der Waals surface area contributed by atoms with Crippen LogP contribution in [-0.2, 0) is 14.3 Å². The summed E-state index contributed by atoms with van der Waals surface area (Å²) in [5.41, 5.74) is 8.77. The van der Waals surface area contributed by atoms with Crippen LogP contribution in [-0.4, -0.2) is 23.5 Å². The lowest BCUT2D eigenvalue weighted by Crippen LogP contribution is -2.64. The summed E-state index contributed by atoms with van der Waals surface area (Å²) < 4.78 is 5.36. The first-order valence-electron chi connectivity index (χ1n) is 4.53. The Morgan fingerprint density at radius 3 is 2.07 bits per heavy atom. The average Bonchev–Trinajstić information content (AvgIpc) is 2.18. The molecule has 0 radical (unpaired) electrons. The van der Waals surface area contributed by atoms with Crippen LogP contribution in [0, 0.1) is 5.92 Å². The normalized spacial score (nSPS) is 32.9. The minimum absolute atomic E-state index is 0.208. The van der Waals surface area contributed by atoms with Crippen LogP contribution in [0.2, 0.25) is 0 Å². The minimum atomic E-state index is -1.61. The predicted octanol–water partition coefficient (Wildman–Crippen LogP) is -0.939. The standard InChI is InChI=1S/C9H12N2O3/c10-7(12)9(8(11)13)5-1-3-6(14-9)4-2-5/h1,3,5-6H,2,4H2,(H2,10,12)(H2,11,13). The first-order chi connectivity index (χ1) is 6.57. The first-order valence-corrected chi connectivity index (χ1v) is 4.53. The lowest BCUT2D eigenvalue weighted by Gasteiger charge is -2.44. The molecule has 0 aromatic rings. The van der Waals surface area contributed by atoms with Crippen molar-refractivity contribution in [2.75, 3.05) is 0 Å². The van der Waals surface area contributed by atoms with Gasteiger partial charge in [0.1, 0.15) is 0 Å². The zero-order valence-corrected chi connectivity index (χ0v) is 7.60. The highest BCUT2D eigenvalue weighted by Crippen LogP contribution is 2.39. The number of hydrogen-bond donors (Lipinski definition) is 2. The Hall–Kier alpha value is -1.36. The van der Waals surface area contributed by atoms with Crippen molar-refractivity contribution in [1.29, 1.82) is 0 Å². The second kappa shape index (κ2) is 2.81. The van der Waals surface area contributed by atoms with Gasteiger partial charge in [0.25, 0.3) is 11.8 Å². The van der Waals surface area contributed by atoms with E-state index in [1.807, 2.05) is 6.08 Å². The SMILES string of the molecule is NC(=O)C1(C(N)=O)OC2C=CC1CC2. The Labute approximate surface area is 81.1 Å². The van der Waals surface area contributed by atoms with Crippen molar-refractivity contribution in [3.63, 3.8) is 0 Å². The molecule has 2 unspecified atom stereocenters. The fourth-order valence-corrected chi connectivity index (χ4v) is 2.16. The van der Waals surface area contributed by atoms with Crippen LogP contribution in [0.3, 0.4) is 0 Å². The molecule has 76 valence electrons. The highest BCUT2D eigenvalue weighted by atomic mass is 16.5. The summed E-state index contributed by atoms with van der Waals surface area (Å²) in [6.07, 6.45) is 4.96. The van der Waals surface area contributed by atoms with Crippen molar-refractivity contribution in [1.82, 2.24) is 0 Å². The maximum absolute atomic E-state index is 11.3. The van der Waals surface area contributed by atoms with Crippen LogP contribution in [0.1, 0.15) is 12.8 Å². The van der Waals surface area contributed by atoms with Crippen LogP contribution >= 0.6 is 0 Å². The molecule has 2 bridgehead atoms. The zero-order chi connectivity index (χ0) is 10.3. The number of amides is 2. The summed E-state index contributed by atoms with van der Waals surface area (Å²) in [6.45, 7) is 0. The molecule has 1 saturated heterocycles. The van der Waals surface area contributed by atoms with Gasteiger partial charge in [0, 0.05) is 5.92 Å². The summed E-state index contributed by atoms with van der Waals surface area (Å²) in [5, 5.41) is 0. The predicted molar refractivity (Wildman–Crippen MR) is 47.9 cm³/mol. The number of hydrogen-bond acceptors (Lipinski definition) is 3. The molecule has 14 heavy (non-hydrogen) atoms. The van der Waals surface area contributed by atoms with E-state index in [9.17, 15) is 9.59 Å². The lowest BCUT2D eigenvalue weighted by molar-refractivity contribution is -0.179. The molecule has 0 aromatic heterocycles. The Morgan fingerprint density at radius 2 is 1.86 bits per heavy atom. The molecular formula is C9H12N2O3. The van der Waals surface area contributed by atoms with Gasteiger partial charge in [-0.05, 0) is 12.8 Å². The summed E-state index contributed by atoms with van der Waals surface area (Å²) in [7, 11) is 0. The van der Waals surface area contributed by atoms with Gasteiger partial charge < -0.3 is 16.2 Å². The molecule has 4 N–H and O–H groups in total. The number of primary amides is 2. The van der Waals surface area contributed by atoms with Crippen molar-refractivity contribution >= 4 is 11.8 Å². The molecule has 1 aliphatic carbocycles. The maximum Gasteiger partial charge on any atom is 0.260 e. The largest absolute Gasteiger partial charge is 0.367 e. The van der Waals surface area contributed by atoms with E-state index in [0.29, 0.717) is 6.42 Å². The van der Waals surface area contributed by atoms with E-state index < -0.39 is 17.4 Å². The van der Waals surface area contributed by atoms with Gasteiger partial charge in [-0.1, -0.05) is 12.2 Å². The number of carbonyl (C=O) groups excluding carboxylic acids is 2. The van der Waals surface area contributed by atoms with Gasteiger partial charge in [0.15, 0.2) is 0 Å². The quantitative estimate of drug-likeness (QED) is 0.440. The number of carbonyl (C=O) groups is 2. The van der Waals surface area contributed by atoms with Crippen molar-refractivity contribution in [3.05, 3.63) is 12.2 Å². The molecule has 5 nitrogen and oxygen atoms in total. The van der Waals surface area contributed by atoms with E-state index in [-0.39, 0.29) is 12.0 Å². The van der Waals surface area contributed by atoms with Gasteiger partial charge in [-0.25, -0.2) is 0 Å². The lowest BCUT2D eigenvalue weighted by atomic mass is 9.75. The van der Waals surface area contributed by atoms with Crippen LogP contribution in [0.4, 0.5) is 0 Å². The maximum atomic E-state index is 11.3. The fraction of sp³-hybridized carbons (Fsp3) is 0.556. The van der Waals surface area contributed by atoms with Gasteiger partial charge in [0.2, 0.25) is 5.60 Å². The van der Waals surface area contributed by atoms with Crippen molar-refractivity contribution in [2.45, 2.75) is 24.5 Å². The van der Waals surface area contributed by atoms with Crippen molar-refractivity contribution in [3.8, 4) is 0 Å². The Balaban J connectivity index is 2.43. The van der Waals surface area contributed by atoms with E-state index in [0.717, 1.165) is 6.42 Å². The average molecular weight is 196 g/mol. The van der Waals surface area contributed by atoms with Gasteiger partial charge in [-0.3, -0.25) is 9.59 Å². The molecule has 2 amide bonds. The van der Waals surface area contributed by atoms with Crippen LogP contribution < -0.4 is 11.5 Å². The van der Waals surface area contributed by atoms with E-state index >= 15 is 0 Å². The van der Waals surface area contributed by atoms with E-state index in [1.54, 1.807) is 6.08 Å². The van der Waals surface area contributed by atoms with Crippen LogP contribution in [0.15, 0.2) is 12.2 Å². The molecule has 2 atom stereocenters. The Bertz CT molecular complexity index is 310. The van der Waals surface area contributed by atoms with Crippen LogP contribution in [0.5, 0.6) is 0 Å². The number of ether oxygens (including phenoxy) is 1. The molecule has 0 saturated carbocycles. The van der Waals surface area contributed by atoms with Gasteiger partial charge in [-0.2, -0.15) is 0 Å². The third-order valence-electron chi connectivity index (χ3n) is 2.91. The molecule has 2 aliphatic heterocycles. The van der Waals surface area contributed by atoms with Gasteiger partial charge in [0.05, 0.1) is 6.10 Å². The summed E-state index contributed by atoms with van der Waals surface area (Å²) >= 11 is 0. The second-order valence-electron chi connectivity index (χ2n) is 3.69. The first kappa shape index (κ1) is 9.21. The summed E-state index contributed by atoms with van der Waals surface area (Å²) in [6, 6.07) is 0. The summed E-state index contributed by atoms with van der Waals surface area (Å²) in [4.78, 5) is 22.5. The molecule has 0 aromatic carbocycles. The number of rotatable bonds is 2. The molecular weight excluding hydrogens is 184 g/mol. The fourth-order valence-electron chi connectivity index (χ4n) is 2.16. The summed E-state index contributed by atoms with van der Waals surface area (Å²) in [5.74, 6) is -1.88. The highest BCUT2D eigenvalue weighted by molar-refractivity contribution is 6.08. The zero-order valence-electron chi connectivity index (χ0n) is 7.60. The van der Waals surface area contributed by atoms with Crippen LogP contribution in [0.25, 0.3) is 0 Å². The van der Waals surface area contributed by atoms with E-state index in [2.05, 4.69) is 0 Å². The topological polar surface area (TPSA) is 95.4 Å². The molecule has 1 fully saturated rings. The number of nitrogens with two attached hydrogens (primary N) is 2. The van der Waals surface area contributed by atoms with Crippen molar-refractivity contribution < 1.29 is 14.3 Å². The smallest absolute Gasteiger partial charge is 0.260 e. The Kier molecular flexibility index (Phi) is 1.85. The number of fused-ring (bicyclic) bond motifs is 2.